The molecule has 0 aliphatic carbocycles. The number of hydrogen-bond acceptors (Lipinski definition) is 3. The summed E-state index contributed by atoms with van der Waals surface area (Å²) >= 11 is 5.74. The van der Waals surface area contributed by atoms with Crippen LogP contribution in [-0.4, -0.2) is 45.5 Å². The Morgan fingerprint density at radius 3 is 3.00 bits per heavy atom. The molecule has 78 valence electrons. The number of hydrogen-bond donors (Lipinski definition) is 1. The SMILES string of the molecule is OC1CCN(CCn2cc(Cl)cn2)C1. The van der Waals surface area contributed by atoms with Crippen molar-refractivity contribution in [2.24, 2.45) is 0 Å². The smallest absolute Gasteiger partial charge is 0.0785 e. The Labute approximate surface area is 88.1 Å². The maximum Gasteiger partial charge on any atom is 0.0785 e. The molecule has 0 bridgehead atoms. The largest absolute Gasteiger partial charge is 0.392 e. The fourth-order valence-electron chi connectivity index (χ4n) is 1.72. The Morgan fingerprint density at radius 1 is 1.57 bits per heavy atom. The van der Waals surface area contributed by atoms with Gasteiger partial charge in [-0.05, 0) is 6.42 Å². The Bertz CT molecular complexity index is 302. The average Bonchev–Trinajstić information content (AvgIpc) is 2.72. The molecule has 0 aromatic carbocycles. The minimum atomic E-state index is -0.142. The molecule has 2 rings (SSSR count). The number of rotatable bonds is 3. The molecule has 4 nitrogen and oxygen atoms in total. The minimum Gasteiger partial charge on any atom is -0.392 e. The molecule has 1 N–H and O–H groups in total. The van der Waals surface area contributed by atoms with Gasteiger partial charge < -0.3 is 5.11 Å². The zero-order valence-corrected chi connectivity index (χ0v) is 8.69. The summed E-state index contributed by atoms with van der Waals surface area (Å²) in [4.78, 5) is 2.24. The van der Waals surface area contributed by atoms with Gasteiger partial charge in [0.05, 0.1) is 23.9 Å². The molecule has 0 radical (unpaired) electrons. The monoisotopic (exact) mass is 215 g/mol. The van der Waals surface area contributed by atoms with Crippen molar-refractivity contribution in [1.29, 1.82) is 0 Å². The van der Waals surface area contributed by atoms with Gasteiger partial charge >= 0.3 is 0 Å². The highest BCUT2D eigenvalue weighted by Gasteiger charge is 2.19. The van der Waals surface area contributed by atoms with E-state index in [-0.39, 0.29) is 6.10 Å². The predicted molar refractivity (Wildman–Crippen MR) is 54.3 cm³/mol. The van der Waals surface area contributed by atoms with Gasteiger partial charge in [0.25, 0.3) is 0 Å². The van der Waals surface area contributed by atoms with Gasteiger partial charge in [-0.15, -0.1) is 0 Å². The van der Waals surface area contributed by atoms with E-state index >= 15 is 0 Å². The van der Waals surface area contributed by atoms with E-state index in [0.29, 0.717) is 5.02 Å². The summed E-state index contributed by atoms with van der Waals surface area (Å²) in [5.74, 6) is 0. The van der Waals surface area contributed by atoms with Crippen LogP contribution in [0.3, 0.4) is 0 Å². The molecule has 0 spiro atoms. The fourth-order valence-corrected chi connectivity index (χ4v) is 1.88. The van der Waals surface area contributed by atoms with Crippen LogP contribution in [-0.2, 0) is 6.54 Å². The second kappa shape index (κ2) is 4.29. The van der Waals surface area contributed by atoms with Gasteiger partial charge in [0.1, 0.15) is 0 Å². The molecular formula is C9H14ClN3O. The van der Waals surface area contributed by atoms with E-state index in [9.17, 15) is 5.11 Å². The zero-order chi connectivity index (χ0) is 9.97. The minimum absolute atomic E-state index is 0.142. The first kappa shape index (κ1) is 9.96. The van der Waals surface area contributed by atoms with Gasteiger partial charge in [0, 0.05) is 25.8 Å². The van der Waals surface area contributed by atoms with Gasteiger partial charge in [-0.1, -0.05) is 11.6 Å². The summed E-state index contributed by atoms with van der Waals surface area (Å²) < 4.78 is 1.83. The molecule has 1 unspecified atom stereocenters. The number of aliphatic hydroxyl groups is 1. The lowest BCUT2D eigenvalue weighted by Gasteiger charge is -2.14. The quantitative estimate of drug-likeness (QED) is 0.803. The van der Waals surface area contributed by atoms with E-state index in [1.807, 2.05) is 10.9 Å². The van der Waals surface area contributed by atoms with Crippen molar-refractivity contribution in [1.82, 2.24) is 14.7 Å². The molecule has 1 saturated heterocycles. The fraction of sp³-hybridized carbons (Fsp3) is 0.667. The first-order chi connectivity index (χ1) is 6.74. The number of halogens is 1. The highest BCUT2D eigenvalue weighted by molar-refractivity contribution is 6.30. The third-order valence-electron chi connectivity index (χ3n) is 2.49. The Morgan fingerprint density at radius 2 is 2.43 bits per heavy atom. The predicted octanol–water partition coefficient (Wildman–Crippen LogP) is 0.603. The number of β-amino-alcohol motifs (C(OH)–C–C–N with tert-alkyl or cyclic N) is 1. The van der Waals surface area contributed by atoms with E-state index in [0.717, 1.165) is 32.6 Å². The summed E-state index contributed by atoms with van der Waals surface area (Å²) in [6.45, 7) is 3.53. The Kier molecular flexibility index (Phi) is 3.05. The number of likely N-dealkylation sites (tertiary alicyclic amines) is 1. The van der Waals surface area contributed by atoms with Crippen molar-refractivity contribution in [3.05, 3.63) is 17.4 Å². The first-order valence-corrected chi connectivity index (χ1v) is 5.20. The van der Waals surface area contributed by atoms with Gasteiger partial charge in [-0.25, -0.2) is 0 Å². The second-order valence-electron chi connectivity index (χ2n) is 3.66. The van der Waals surface area contributed by atoms with Crippen LogP contribution in [0.15, 0.2) is 12.4 Å². The van der Waals surface area contributed by atoms with Crippen molar-refractivity contribution in [3.63, 3.8) is 0 Å². The van der Waals surface area contributed by atoms with Crippen LogP contribution in [0.5, 0.6) is 0 Å². The maximum absolute atomic E-state index is 9.32. The molecule has 1 aromatic rings. The van der Waals surface area contributed by atoms with E-state index in [1.165, 1.54) is 0 Å². The summed E-state index contributed by atoms with van der Waals surface area (Å²) in [6, 6.07) is 0. The summed E-state index contributed by atoms with van der Waals surface area (Å²) in [5, 5.41) is 14.1. The molecule has 1 atom stereocenters. The average molecular weight is 216 g/mol. The van der Waals surface area contributed by atoms with E-state index in [4.69, 9.17) is 11.6 Å². The first-order valence-electron chi connectivity index (χ1n) is 4.82. The third-order valence-corrected chi connectivity index (χ3v) is 2.69. The Balaban J connectivity index is 1.77. The van der Waals surface area contributed by atoms with Crippen molar-refractivity contribution in [2.75, 3.05) is 19.6 Å². The number of aromatic nitrogens is 2. The van der Waals surface area contributed by atoms with Crippen molar-refractivity contribution in [3.8, 4) is 0 Å². The van der Waals surface area contributed by atoms with Crippen LogP contribution >= 0.6 is 11.6 Å². The topological polar surface area (TPSA) is 41.3 Å². The van der Waals surface area contributed by atoms with Gasteiger partial charge in [-0.3, -0.25) is 9.58 Å². The second-order valence-corrected chi connectivity index (χ2v) is 4.10. The standard InChI is InChI=1S/C9H14ClN3O/c10-8-5-11-13(6-8)4-3-12-2-1-9(14)7-12/h5-6,9,14H,1-4,7H2. The number of nitrogens with zero attached hydrogens (tertiary/aromatic N) is 3. The maximum atomic E-state index is 9.32. The molecule has 5 heteroatoms. The van der Waals surface area contributed by atoms with Gasteiger partial charge in [0.2, 0.25) is 0 Å². The van der Waals surface area contributed by atoms with E-state index in [2.05, 4.69) is 10.00 Å². The van der Waals surface area contributed by atoms with Crippen LogP contribution < -0.4 is 0 Å². The van der Waals surface area contributed by atoms with Crippen LogP contribution in [0.2, 0.25) is 5.02 Å². The van der Waals surface area contributed by atoms with Crippen molar-refractivity contribution in [2.45, 2.75) is 19.1 Å². The van der Waals surface area contributed by atoms with Gasteiger partial charge in [-0.2, -0.15) is 5.10 Å². The molecule has 14 heavy (non-hydrogen) atoms. The number of aliphatic hydroxyl groups excluding tert-OH is 1. The molecule has 0 amide bonds. The normalized spacial score (nSPS) is 23.1. The third kappa shape index (κ3) is 2.47. The molecule has 1 aromatic heterocycles. The molecular weight excluding hydrogens is 202 g/mol. The van der Waals surface area contributed by atoms with Crippen molar-refractivity contribution >= 4 is 11.6 Å². The van der Waals surface area contributed by atoms with E-state index < -0.39 is 0 Å². The summed E-state index contributed by atoms with van der Waals surface area (Å²) in [7, 11) is 0. The van der Waals surface area contributed by atoms with Crippen LogP contribution in [0.25, 0.3) is 0 Å². The molecule has 1 aliphatic rings. The van der Waals surface area contributed by atoms with Crippen LogP contribution in [0.4, 0.5) is 0 Å². The zero-order valence-electron chi connectivity index (χ0n) is 7.93. The molecule has 0 saturated carbocycles. The summed E-state index contributed by atoms with van der Waals surface area (Å²) in [5.41, 5.74) is 0. The molecule has 1 aliphatic heterocycles. The lowest BCUT2D eigenvalue weighted by molar-refractivity contribution is 0.174. The lowest BCUT2D eigenvalue weighted by Crippen LogP contribution is -2.26. The van der Waals surface area contributed by atoms with Crippen molar-refractivity contribution < 1.29 is 5.11 Å². The summed E-state index contributed by atoms with van der Waals surface area (Å²) in [6.07, 6.45) is 4.20. The molecule has 1 fully saturated rings. The van der Waals surface area contributed by atoms with Gasteiger partial charge in [0.15, 0.2) is 0 Å². The highest BCUT2D eigenvalue weighted by atomic mass is 35.5. The lowest BCUT2D eigenvalue weighted by atomic mass is 10.3. The van der Waals surface area contributed by atoms with E-state index in [1.54, 1.807) is 6.20 Å². The highest BCUT2D eigenvalue weighted by Crippen LogP contribution is 2.09. The van der Waals surface area contributed by atoms with Crippen LogP contribution in [0.1, 0.15) is 6.42 Å². The van der Waals surface area contributed by atoms with Crippen LogP contribution in [0, 0.1) is 0 Å². The molecule has 2 heterocycles. The Hall–Kier alpha value is -0.580.